The summed E-state index contributed by atoms with van der Waals surface area (Å²) in [5.41, 5.74) is 0.518. The summed E-state index contributed by atoms with van der Waals surface area (Å²) in [5, 5.41) is 14.4. The summed E-state index contributed by atoms with van der Waals surface area (Å²) in [7, 11) is 0. The fourth-order valence-electron chi connectivity index (χ4n) is 1.23. The van der Waals surface area contributed by atoms with Crippen LogP contribution in [0.2, 0.25) is 0 Å². The zero-order valence-corrected chi connectivity index (χ0v) is 11.0. The molecule has 0 aliphatic heterocycles. The molecule has 0 fully saturated rings. The van der Waals surface area contributed by atoms with Crippen LogP contribution < -0.4 is 10.6 Å². The second-order valence-corrected chi connectivity index (χ2v) is 5.05. The Hall–Kier alpha value is -1.36. The van der Waals surface area contributed by atoms with Crippen molar-refractivity contribution < 1.29 is 14.7 Å². The molecule has 0 aliphatic rings. The van der Waals surface area contributed by atoms with Crippen molar-refractivity contribution in [1.82, 2.24) is 10.6 Å². The highest BCUT2D eigenvalue weighted by Crippen LogP contribution is 1.98. The van der Waals surface area contributed by atoms with Crippen molar-refractivity contribution in [3.8, 4) is 0 Å². The number of carbonyl (C=O) groups is 2. The third-order valence-electron chi connectivity index (χ3n) is 1.82. The van der Waals surface area contributed by atoms with E-state index in [1.807, 2.05) is 20.8 Å². The van der Waals surface area contributed by atoms with E-state index in [-0.39, 0.29) is 11.4 Å². The van der Waals surface area contributed by atoms with Gasteiger partial charge < -0.3 is 15.7 Å². The van der Waals surface area contributed by atoms with Gasteiger partial charge in [-0.05, 0) is 27.7 Å². The number of aliphatic carboxylic acids is 1. The molecule has 0 saturated heterocycles. The molecular weight excluding hydrogens is 220 g/mol. The Morgan fingerprint density at radius 2 is 1.88 bits per heavy atom. The first-order valence-corrected chi connectivity index (χ1v) is 5.62. The molecule has 98 valence electrons. The molecule has 0 bridgehead atoms. The van der Waals surface area contributed by atoms with Crippen molar-refractivity contribution in [2.45, 2.75) is 39.7 Å². The van der Waals surface area contributed by atoms with E-state index in [1.54, 1.807) is 6.92 Å². The molecule has 5 heteroatoms. The quantitative estimate of drug-likeness (QED) is 0.478. The lowest BCUT2D eigenvalue weighted by Crippen LogP contribution is -2.41. The fourth-order valence-corrected chi connectivity index (χ4v) is 1.23. The van der Waals surface area contributed by atoms with E-state index in [1.165, 1.54) is 0 Å². The predicted molar refractivity (Wildman–Crippen MR) is 66.8 cm³/mol. The zero-order chi connectivity index (χ0) is 13.5. The van der Waals surface area contributed by atoms with Gasteiger partial charge in [0.05, 0.1) is 0 Å². The van der Waals surface area contributed by atoms with E-state index in [9.17, 15) is 9.59 Å². The van der Waals surface area contributed by atoms with Crippen LogP contribution in [0.1, 0.15) is 34.1 Å². The van der Waals surface area contributed by atoms with Crippen molar-refractivity contribution in [3.63, 3.8) is 0 Å². The van der Waals surface area contributed by atoms with Crippen LogP contribution >= 0.6 is 0 Å². The Labute approximate surface area is 102 Å². The first kappa shape index (κ1) is 15.6. The van der Waals surface area contributed by atoms with E-state index < -0.39 is 5.97 Å². The number of amides is 1. The van der Waals surface area contributed by atoms with Gasteiger partial charge in [-0.15, -0.1) is 0 Å². The van der Waals surface area contributed by atoms with E-state index >= 15 is 0 Å². The highest BCUT2D eigenvalue weighted by molar-refractivity contribution is 5.80. The molecule has 0 rings (SSSR count). The van der Waals surface area contributed by atoms with Crippen molar-refractivity contribution >= 4 is 11.9 Å². The molecule has 0 heterocycles. The normalized spacial score (nSPS) is 12.4. The Kier molecular flexibility index (Phi) is 6.50. The number of carbonyl (C=O) groups excluding carboxylic acids is 1. The molecule has 0 aromatic heterocycles. The highest BCUT2D eigenvalue weighted by atomic mass is 16.4. The summed E-state index contributed by atoms with van der Waals surface area (Å²) in [6.07, 6.45) is 1.54. The van der Waals surface area contributed by atoms with E-state index in [4.69, 9.17) is 5.11 Å². The third kappa shape index (κ3) is 10.9. The van der Waals surface area contributed by atoms with Gasteiger partial charge in [-0.25, -0.2) is 4.79 Å². The maximum atomic E-state index is 11.4. The molecule has 0 spiro atoms. The van der Waals surface area contributed by atoms with Crippen LogP contribution in [0.25, 0.3) is 0 Å². The molecule has 17 heavy (non-hydrogen) atoms. The van der Waals surface area contributed by atoms with Gasteiger partial charge in [0.25, 0.3) is 0 Å². The lowest BCUT2D eigenvalue weighted by Gasteiger charge is -2.20. The van der Waals surface area contributed by atoms with Crippen molar-refractivity contribution in [2.24, 2.45) is 0 Å². The molecule has 0 aliphatic carbocycles. The zero-order valence-electron chi connectivity index (χ0n) is 11.0. The molecule has 1 amide bonds. The molecule has 0 saturated carbocycles. The lowest BCUT2D eigenvalue weighted by molar-refractivity contribution is -0.131. The van der Waals surface area contributed by atoms with Crippen LogP contribution in [0.3, 0.4) is 0 Å². The summed E-state index contributed by atoms with van der Waals surface area (Å²) >= 11 is 0. The van der Waals surface area contributed by atoms with Crippen LogP contribution in [0.15, 0.2) is 11.6 Å². The van der Waals surface area contributed by atoms with Crippen LogP contribution in [0, 0.1) is 0 Å². The first-order chi connectivity index (χ1) is 7.70. The SMILES string of the molecule is CC(=CC(=O)O)CNCCC(=O)NC(C)(C)C. The number of carboxylic acid groups (broad SMARTS) is 1. The van der Waals surface area contributed by atoms with Crippen LogP contribution in [0.4, 0.5) is 0 Å². The summed E-state index contributed by atoms with van der Waals surface area (Å²) in [4.78, 5) is 21.8. The highest BCUT2D eigenvalue weighted by Gasteiger charge is 2.12. The first-order valence-electron chi connectivity index (χ1n) is 5.62. The van der Waals surface area contributed by atoms with Crippen LogP contribution in [0.5, 0.6) is 0 Å². The van der Waals surface area contributed by atoms with E-state index in [2.05, 4.69) is 10.6 Å². The Morgan fingerprint density at radius 1 is 1.29 bits per heavy atom. The number of hydrogen-bond donors (Lipinski definition) is 3. The van der Waals surface area contributed by atoms with Gasteiger partial charge in [0.2, 0.25) is 5.91 Å². The monoisotopic (exact) mass is 242 g/mol. The number of carboxylic acids is 1. The second kappa shape index (κ2) is 7.06. The van der Waals surface area contributed by atoms with Gasteiger partial charge in [-0.3, -0.25) is 4.79 Å². The van der Waals surface area contributed by atoms with Gasteiger partial charge in [0.15, 0.2) is 0 Å². The van der Waals surface area contributed by atoms with E-state index in [0.29, 0.717) is 19.5 Å². The smallest absolute Gasteiger partial charge is 0.328 e. The Balaban J connectivity index is 3.72. The fraction of sp³-hybridized carbons (Fsp3) is 0.667. The summed E-state index contributed by atoms with van der Waals surface area (Å²) in [5.74, 6) is -0.959. The molecular formula is C12H22N2O3. The van der Waals surface area contributed by atoms with Gasteiger partial charge in [0.1, 0.15) is 0 Å². The van der Waals surface area contributed by atoms with Gasteiger partial charge >= 0.3 is 5.97 Å². The van der Waals surface area contributed by atoms with Gasteiger partial charge in [0, 0.05) is 31.1 Å². The average Bonchev–Trinajstić information content (AvgIpc) is 2.08. The number of hydrogen-bond acceptors (Lipinski definition) is 3. The standard InChI is InChI=1S/C12H22N2O3/c1-9(7-11(16)17)8-13-6-5-10(15)14-12(2,3)4/h7,13H,5-6,8H2,1-4H3,(H,14,15)(H,16,17). The maximum Gasteiger partial charge on any atom is 0.328 e. The van der Waals surface area contributed by atoms with Gasteiger partial charge in [-0.1, -0.05) is 5.57 Å². The van der Waals surface area contributed by atoms with Crippen molar-refractivity contribution in [3.05, 3.63) is 11.6 Å². The molecule has 0 aromatic rings. The molecule has 5 nitrogen and oxygen atoms in total. The number of nitrogens with one attached hydrogen (secondary N) is 2. The minimum absolute atomic E-state index is 0.00938. The number of rotatable bonds is 6. The second-order valence-electron chi connectivity index (χ2n) is 5.05. The molecule has 0 unspecified atom stereocenters. The van der Waals surface area contributed by atoms with Crippen molar-refractivity contribution in [2.75, 3.05) is 13.1 Å². The molecule has 0 radical (unpaired) electrons. The minimum atomic E-state index is -0.949. The van der Waals surface area contributed by atoms with Gasteiger partial charge in [-0.2, -0.15) is 0 Å². The average molecular weight is 242 g/mol. The lowest BCUT2D eigenvalue weighted by atomic mass is 10.1. The summed E-state index contributed by atoms with van der Waals surface area (Å²) < 4.78 is 0. The molecule has 0 aromatic carbocycles. The maximum absolute atomic E-state index is 11.4. The summed E-state index contributed by atoms with van der Waals surface area (Å²) in [6, 6.07) is 0. The van der Waals surface area contributed by atoms with E-state index in [0.717, 1.165) is 11.6 Å². The minimum Gasteiger partial charge on any atom is -0.478 e. The largest absolute Gasteiger partial charge is 0.478 e. The Morgan fingerprint density at radius 3 is 2.35 bits per heavy atom. The molecule has 3 N–H and O–H groups in total. The van der Waals surface area contributed by atoms with Crippen LogP contribution in [-0.4, -0.2) is 35.6 Å². The predicted octanol–water partition coefficient (Wildman–Crippen LogP) is 0.912. The molecule has 0 atom stereocenters. The van der Waals surface area contributed by atoms with Crippen molar-refractivity contribution in [1.29, 1.82) is 0 Å². The topological polar surface area (TPSA) is 78.4 Å². The Bertz CT molecular complexity index is 303. The third-order valence-corrected chi connectivity index (χ3v) is 1.82. The van der Waals surface area contributed by atoms with Crippen LogP contribution in [-0.2, 0) is 9.59 Å². The summed E-state index contributed by atoms with van der Waals surface area (Å²) in [6.45, 7) is 8.53.